The second kappa shape index (κ2) is 5.29. The maximum Gasteiger partial charge on any atom is 0.352 e. The monoisotopic (exact) mass is 284 g/mol. The van der Waals surface area contributed by atoms with E-state index in [0.29, 0.717) is 0 Å². The highest BCUT2D eigenvalue weighted by Crippen LogP contribution is 2.33. The molecule has 0 aromatic heterocycles. The first-order valence-electron chi connectivity index (χ1n) is 4.73. The molecule has 1 aromatic rings. The molecule has 1 rings (SSSR count). The van der Waals surface area contributed by atoms with Gasteiger partial charge in [-0.15, -0.1) is 11.6 Å². The SMILES string of the molecule is O=S(=O)(c1ccccc1)C(F)(F)C[C@@H](O)CCl. The molecule has 96 valence electrons. The van der Waals surface area contributed by atoms with Gasteiger partial charge in [-0.2, -0.15) is 8.78 Å². The van der Waals surface area contributed by atoms with E-state index in [4.69, 9.17) is 16.7 Å². The molecular weight excluding hydrogens is 274 g/mol. The fraction of sp³-hybridized carbons (Fsp3) is 0.400. The van der Waals surface area contributed by atoms with Crippen LogP contribution in [0.5, 0.6) is 0 Å². The number of sulfone groups is 1. The van der Waals surface area contributed by atoms with Crippen molar-refractivity contribution in [3.63, 3.8) is 0 Å². The van der Waals surface area contributed by atoms with Crippen molar-refractivity contribution in [2.24, 2.45) is 0 Å². The van der Waals surface area contributed by atoms with Crippen LogP contribution in [-0.2, 0) is 9.84 Å². The highest BCUT2D eigenvalue weighted by Gasteiger charge is 2.47. The fourth-order valence-electron chi connectivity index (χ4n) is 1.21. The van der Waals surface area contributed by atoms with Crippen molar-refractivity contribution in [3.8, 4) is 0 Å². The van der Waals surface area contributed by atoms with E-state index in [2.05, 4.69) is 0 Å². The summed E-state index contributed by atoms with van der Waals surface area (Å²) < 4.78 is 50.2. The molecule has 0 unspecified atom stereocenters. The quantitative estimate of drug-likeness (QED) is 0.842. The van der Waals surface area contributed by atoms with Crippen molar-refractivity contribution in [2.45, 2.75) is 22.7 Å². The summed E-state index contributed by atoms with van der Waals surface area (Å²) in [6.07, 6.45) is -2.78. The Morgan fingerprint density at radius 3 is 2.29 bits per heavy atom. The Labute approximate surface area is 103 Å². The van der Waals surface area contributed by atoms with E-state index in [1.54, 1.807) is 0 Å². The van der Waals surface area contributed by atoms with Gasteiger partial charge in [0.25, 0.3) is 0 Å². The number of hydrogen-bond acceptors (Lipinski definition) is 3. The summed E-state index contributed by atoms with van der Waals surface area (Å²) in [5, 5.41) is 4.99. The molecule has 0 saturated carbocycles. The highest BCUT2D eigenvalue weighted by molar-refractivity contribution is 7.92. The number of rotatable bonds is 5. The predicted molar refractivity (Wildman–Crippen MR) is 59.9 cm³/mol. The van der Waals surface area contributed by atoms with Crippen LogP contribution in [0, 0.1) is 0 Å². The van der Waals surface area contributed by atoms with Crippen LogP contribution in [0.2, 0.25) is 0 Å². The van der Waals surface area contributed by atoms with E-state index in [1.165, 1.54) is 18.2 Å². The molecule has 0 radical (unpaired) electrons. The number of aliphatic hydroxyl groups is 1. The highest BCUT2D eigenvalue weighted by atomic mass is 35.5. The van der Waals surface area contributed by atoms with Crippen molar-refractivity contribution < 1.29 is 22.3 Å². The van der Waals surface area contributed by atoms with Gasteiger partial charge in [0.1, 0.15) is 0 Å². The molecule has 0 fully saturated rings. The van der Waals surface area contributed by atoms with Crippen molar-refractivity contribution >= 4 is 21.4 Å². The summed E-state index contributed by atoms with van der Waals surface area (Å²) in [5.41, 5.74) is 0. The third kappa shape index (κ3) is 3.14. The van der Waals surface area contributed by atoms with Gasteiger partial charge in [-0.3, -0.25) is 0 Å². The number of alkyl halides is 3. The molecule has 0 heterocycles. The minimum absolute atomic E-state index is 0.445. The maximum absolute atomic E-state index is 13.5. The summed E-state index contributed by atoms with van der Waals surface area (Å²) in [6.45, 7) is 0. The van der Waals surface area contributed by atoms with Crippen LogP contribution < -0.4 is 0 Å². The fourth-order valence-corrected chi connectivity index (χ4v) is 2.59. The zero-order valence-corrected chi connectivity index (χ0v) is 10.3. The van der Waals surface area contributed by atoms with Crippen LogP contribution in [0.25, 0.3) is 0 Å². The van der Waals surface area contributed by atoms with Crippen LogP contribution in [0.4, 0.5) is 8.78 Å². The number of aliphatic hydroxyl groups excluding tert-OH is 1. The second-order valence-electron chi connectivity index (χ2n) is 3.47. The molecule has 1 aromatic carbocycles. The van der Waals surface area contributed by atoms with E-state index >= 15 is 0 Å². The van der Waals surface area contributed by atoms with Gasteiger partial charge in [0.05, 0.1) is 17.4 Å². The minimum atomic E-state index is -4.80. The standard InChI is InChI=1S/C10H11ClF2O3S/c11-7-8(14)6-10(12,13)17(15,16)9-4-2-1-3-5-9/h1-5,8,14H,6-7H2/t8-/m1/s1. The van der Waals surface area contributed by atoms with Crippen molar-refractivity contribution in [1.82, 2.24) is 0 Å². The molecule has 1 atom stereocenters. The Morgan fingerprint density at radius 2 is 1.82 bits per heavy atom. The molecule has 0 bridgehead atoms. The third-order valence-electron chi connectivity index (χ3n) is 2.10. The van der Waals surface area contributed by atoms with Crippen molar-refractivity contribution in [3.05, 3.63) is 30.3 Å². The number of benzene rings is 1. The van der Waals surface area contributed by atoms with Crippen LogP contribution >= 0.6 is 11.6 Å². The first-order chi connectivity index (χ1) is 7.81. The Bertz CT molecular complexity index is 462. The third-order valence-corrected chi connectivity index (χ3v) is 4.30. The van der Waals surface area contributed by atoms with Crippen LogP contribution in [0.15, 0.2) is 35.2 Å². The van der Waals surface area contributed by atoms with Gasteiger partial charge in [0, 0.05) is 5.88 Å². The van der Waals surface area contributed by atoms with Crippen LogP contribution in [0.3, 0.4) is 0 Å². The Morgan fingerprint density at radius 1 is 1.29 bits per heavy atom. The Hall–Kier alpha value is -0.720. The summed E-state index contributed by atoms with van der Waals surface area (Å²) in [7, 11) is -4.80. The molecule has 7 heteroatoms. The molecule has 17 heavy (non-hydrogen) atoms. The van der Waals surface area contributed by atoms with Gasteiger partial charge >= 0.3 is 5.25 Å². The van der Waals surface area contributed by atoms with Gasteiger partial charge in [0.2, 0.25) is 9.84 Å². The van der Waals surface area contributed by atoms with E-state index in [1.807, 2.05) is 0 Å². The van der Waals surface area contributed by atoms with Crippen LogP contribution in [0.1, 0.15) is 6.42 Å². The van der Waals surface area contributed by atoms with Gasteiger partial charge in [0.15, 0.2) is 0 Å². The molecule has 3 nitrogen and oxygen atoms in total. The van der Waals surface area contributed by atoms with E-state index < -0.39 is 38.4 Å². The lowest BCUT2D eigenvalue weighted by atomic mass is 10.3. The normalized spacial score (nSPS) is 14.6. The van der Waals surface area contributed by atoms with Gasteiger partial charge < -0.3 is 5.11 Å². The lowest BCUT2D eigenvalue weighted by Crippen LogP contribution is -2.33. The van der Waals surface area contributed by atoms with Gasteiger partial charge in [-0.1, -0.05) is 18.2 Å². The van der Waals surface area contributed by atoms with Crippen molar-refractivity contribution in [1.29, 1.82) is 0 Å². The minimum Gasteiger partial charge on any atom is -0.392 e. The lowest BCUT2D eigenvalue weighted by Gasteiger charge is -2.19. The Kier molecular flexibility index (Phi) is 4.46. The smallest absolute Gasteiger partial charge is 0.352 e. The molecular formula is C10H11ClF2O3S. The van der Waals surface area contributed by atoms with Crippen LogP contribution in [-0.4, -0.2) is 30.8 Å². The summed E-state index contributed by atoms with van der Waals surface area (Å²) >= 11 is 5.18. The maximum atomic E-state index is 13.5. The molecule has 1 N–H and O–H groups in total. The molecule has 0 aliphatic rings. The molecule has 0 aliphatic carbocycles. The molecule has 0 saturated heterocycles. The zero-order valence-electron chi connectivity index (χ0n) is 8.68. The van der Waals surface area contributed by atoms with E-state index in [9.17, 15) is 17.2 Å². The largest absolute Gasteiger partial charge is 0.392 e. The summed E-state index contributed by atoms with van der Waals surface area (Å²) in [4.78, 5) is -0.480. The van der Waals surface area contributed by atoms with E-state index in [0.717, 1.165) is 12.1 Å². The molecule has 0 amide bonds. The average Bonchev–Trinajstić information content (AvgIpc) is 2.29. The zero-order chi connectivity index (χ0) is 13.1. The van der Waals surface area contributed by atoms with Crippen molar-refractivity contribution in [2.75, 3.05) is 5.88 Å². The van der Waals surface area contributed by atoms with Gasteiger partial charge in [-0.25, -0.2) is 8.42 Å². The summed E-state index contributed by atoms with van der Waals surface area (Å²) in [6, 6.07) is 6.37. The number of hydrogen-bond donors (Lipinski definition) is 1. The number of halogens is 3. The lowest BCUT2D eigenvalue weighted by molar-refractivity contribution is 0.0331. The predicted octanol–water partition coefficient (Wildman–Crippen LogP) is 2.04. The molecule has 0 aliphatic heterocycles. The molecule has 0 spiro atoms. The second-order valence-corrected chi connectivity index (χ2v) is 5.85. The first-order valence-corrected chi connectivity index (χ1v) is 6.74. The average molecular weight is 285 g/mol. The Balaban J connectivity index is 3.06. The first kappa shape index (κ1) is 14.3. The van der Waals surface area contributed by atoms with Gasteiger partial charge in [-0.05, 0) is 12.1 Å². The summed E-state index contributed by atoms with van der Waals surface area (Å²) in [5.74, 6) is -0.445. The topological polar surface area (TPSA) is 54.4 Å². The van der Waals surface area contributed by atoms with E-state index in [-0.39, 0.29) is 0 Å².